The van der Waals surface area contributed by atoms with Crippen LogP contribution >= 0.6 is 0 Å². The van der Waals surface area contributed by atoms with Crippen LogP contribution in [0.4, 0.5) is 4.39 Å². The molecule has 0 spiro atoms. The average molecular weight is 381 g/mol. The van der Waals surface area contributed by atoms with Gasteiger partial charge in [-0.05, 0) is 55.7 Å². The SMILES string of the molecule is Cc1cc(C)c(-c2cc(-c3cccc4c3oc3ccccc34)ncc2F)c(C)c1. The maximum atomic E-state index is 14.8. The number of aromatic nitrogens is 1. The lowest BCUT2D eigenvalue weighted by Gasteiger charge is -2.13. The van der Waals surface area contributed by atoms with Gasteiger partial charge in [0.05, 0.1) is 11.9 Å². The Labute approximate surface area is 168 Å². The van der Waals surface area contributed by atoms with Gasteiger partial charge >= 0.3 is 0 Å². The maximum Gasteiger partial charge on any atom is 0.149 e. The molecule has 0 aliphatic carbocycles. The monoisotopic (exact) mass is 381 g/mol. The molecule has 0 aliphatic rings. The molecule has 0 fully saturated rings. The van der Waals surface area contributed by atoms with E-state index in [9.17, 15) is 4.39 Å². The summed E-state index contributed by atoms with van der Waals surface area (Å²) in [6.45, 7) is 6.10. The van der Waals surface area contributed by atoms with Gasteiger partial charge in [-0.3, -0.25) is 4.98 Å². The van der Waals surface area contributed by atoms with Crippen LogP contribution in [-0.2, 0) is 0 Å². The molecule has 2 aromatic heterocycles. The maximum absolute atomic E-state index is 14.8. The van der Waals surface area contributed by atoms with Gasteiger partial charge < -0.3 is 4.42 Å². The molecule has 0 unspecified atom stereocenters. The van der Waals surface area contributed by atoms with Crippen LogP contribution in [0.3, 0.4) is 0 Å². The summed E-state index contributed by atoms with van der Waals surface area (Å²) < 4.78 is 21.0. The van der Waals surface area contributed by atoms with Gasteiger partial charge in [-0.15, -0.1) is 0 Å². The highest BCUT2D eigenvalue weighted by molar-refractivity contribution is 6.09. The first-order chi connectivity index (χ1) is 14.0. The van der Waals surface area contributed by atoms with Crippen molar-refractivity contribution in [1.29, 1.82) is 0 Å². The predicted octanol–water partition coefficient (Wildman–Crippen LogP) is 7.38. The quantitative estimate of drug-likeness (QED) is 0.319. The van der Waals surface area contributed by atoms with E-state index in [-0.39, 0.29) is 5.82 Å². The van der Waals surface area contributed by atoms with Crippen LogP contribution in [0.1, 0.15) is 16.7 Å². The van der Waals surface area contributed by atoms with Gasteiger partial charge in [0.25, 0.3) is 0 Å². The van der Waals surface area contributed by atoms with Crippen molar-refractivity contribution in [1.82, 2.24) is 4.98 Å². The molecule has 142 valence electrons. The number of para-hydroxylation sites is 2. The predicted molar refractivity (Wildman–Crippen MR) is 117 cm³/mol. The molecule has 0 N–H and O–H groups in total. The number of aryl methyl sites for hydroxylation is 3. The molecule has 0 radical (unpaired) electrons. The Hall–Kier alpha value is -3.46. The highest BCUT2D eigenvalue weighted by Crippen LogP contribution is 2.37. The number of furan rings is 1. The largest absolute Gasteiger partial charge is 0.455 e. The molecule has 2 nitrogen and oxygen atoms in total. The van der Waals surface area contributed by atoms with Crippen LogP contribution in [0.15, 0.2) is 71.3 Å². The number of benzene rings is 3. The van der Waals surface area contributed by atoms with Crippen molar-refractivity contribution >= 4 is 21.9 Å². The summed E-state index contributed by atoms with van der Waals surface area (Å²) in [4.78, 5) is 4.40. The zero-order chi connectivity index (χ0) is 20.1. The van der Waals surface area contributed by atoms with Gasteiger partial charge in [-0.1, -0.05) is 48.0 Å². The Morgan fingerprint density at radius 3 is 2.31 bits per heavy atom. The molecule has 3 aromatic carbocycles. The van der Waals surface area contributed by atoms with E-state index < -0.39 is 0 Å². The first-order valence-corrected chi connectivity index (χ1v) is 9.67. The van der Waals surface area contributed by atoms with E-state index >= 15 is 0 Å². The molecule has 5 aromatic rings. The summed E-state index contributed by atoms with van der Waals surface area (Å²) in [5.74, 6) is -0.319. The molecular formula is C26H20FNO. The van der Waals surface area contributed by atoms with Gasteiger partial charge in [0, 0.05) is 21.9 Å². The first kappa shape index (κ1) is 17.6. The van der Waals surface area contributed by atoms with Crippen molar-refractivity contribution in [2.45, 2.75) is 20.8 Å². The number of nitrogens with zero attached hydrogens (tertiary/aromatic N) is 1. The van der Waals surface area contributed by atoms with E-state index in [1.54, 1.807) is 0 Å². The molecule has 2 heterocycles. The summed E-state index contributed by atoms with van der Waals surface area (Å²) in [6.07, 6.45) is 1.31. The minimum Gasteiger partial charge on any atom is -0.455 e. The normalized spacial score (nSPS) is 11.4. The molecule has 0 bridgehead atoms. The van der Waals surface area contributed by atoms with Crippen LogP contribution in [0, 0.1) is 26.6 Å². The Kier molecular flexibility index (Phi) is 3.99. The van der Waals surface area contributed by atoms with Crippen LogP contribution < -0.4 is 0 Å². The molecule has 0 saturated carbocycles. The van der Waals surface area contributed by atoms with Gasteiger partial charge in [0.1, 0.15) is 17.0 Å². The molecule has 29 heavy (non-hydrogen) atoms. The standard InChI is InChI=1S/C26H20FNO/c1-15-11-16(2)25(17(3)12-15)21-13-23(28-14-22(21)27)20-9-6-8-19-18-7-4-5-10-24(18)29-26(19)20/h4-14H,1-3H3. The zero-order valence-electron chi connectivity index (χ0n) is 16.6. The fraction of sp³-hybridized carbons (Fsp3) is 0.115. The minimum atomic E-state index is -0.319. The van der Waals surface area contributed by atoms with Gasteiger partial charge in [-0.25, -0.2) is 4.39 Å². The Balaban J connectivity index is 1.76. The van der Waals surface area contributed by atoms with Crippen molar-refractivity contribution in [3.63, 3.8) is 0 Å². The summed E-state index contributed by atoms with van der Waals surface area (Å²) in [7, 11) is 0. The molecule has 5 rings (SSSR count). The van der Waals surface area contributed by atoms with Gasteiger partial charge in [0.2, 0.25) is 0 Å². The van der Waals surface area contributed by atoms with Crippen molar-refractivity contribution < 1.29 is 8.81 Å². The topological polar surface area (TPSA) is 26.0 Å². The van der Waals surface area contributed by atoms with Crippen molar-refractivity contribution in [3.8, 4) is 22.4 Å². The summed E-state index contributed by atoms with van der Waals surface area (Å²) in [5, 5.41) is 2.10. The molecular weight excluding hydrogens is 361 g/mol. The smallest absolute Gasteiger partial charge is 0.149 e. The van der Waals surface area contributed by atoms with Crippen molar-refractivity contribution in [3.05, 3.63) is 89.4 Å². The number of rotatable bonds is 2. The first-order valence-electron chi connectivity index (χ1n) is 9.67. The number of pyridine rings is 1. The van der Waals surface area contributed by atoms with E-state index in [1.807, 2.05) is 62.4 Å². The fourth-order valence-electron chi connectivity index (χ4n) is 4.33. The third kappa shape index (κ3) is 2.82. The summed E-state index contributed by atoms with van der Waals surface area (Å²) in [6, 6.07) is 20.0. The second-order valence-corrected chi connectivity index (χ2v) is 7.60. The van der Waals surface area contributed by atoms with E-state index in [0.29, 0.717) is 11.3 Å². The second kappa shape index (κ2) is 6.56. The lowest BCUT2D eigenvalue weighted by Crippen LogP contribution is -1.95. The van der Waals surface area contributed by atoms with E-state index in [4.69, 9.17) is 4.42 Å². The van der Waals surface area contributed by atoms with Crippen LogP contribution in [-0.4, -0.2) is 4.98 Å². The Morgan fingerprint density at radius 2 is 1.52 bits per heavy atom. The van der Waals surface area contributed by atoms with Crippen LogP contribution in [0.5, 0.6) is 0 Å². The minimum absolute atomic E-state index is 0.319. The second-order valence-electron chi connectivity index (χ2n) is 7.60. The van der Waals surface area contributed by atoms with E-state index in [0.717, 1.165) is 44.2 Å². The number of hydrogen-bond acceptors (Lipinski definition) is 2. The lowest BCUT2D eigenvalue weighted by atomic mass is 9.93. The van der Waals surface area contributed by atoms with Crippen LogP contribution in [0.2, 0.25) is 0 Å². The van der Waals surface area contributed by atoms with E-state index in [1.165, 1.54) is 11.8 Å². The van der Waals surface area contributed by atoms with Gasteiger partial charge in [0.15, 0.2) is 0 Å². The Morgan fingerprint density at radius 1 is 0.793 bits per heavy atom. The molecule has 0 saturated heterocycles. The highest BCUT2D eigenvalue weighted by atomic mass is 19.1. The van der Waals surface area contributed by atoms with Gasteiger partial charge in [-0.2, -0.15) is 0 Å². The number of halogens is 1. The summed E-state index contributed by atoms with van der Waals surface area (Å²) in [5.41, 5.74) is 7.95. The lowest BCUT2D eigenvalue weighted by molar-refractivity contribution is 0.625. The third-order valence-electron chi connectivity index (χ3n) is 5.48. The number of fused-ring (bicyclic) bond motifs is 3. The summed E-state index contributed by atoms with van der Waals surface area (Å²) >= 11 is 0. The zero-order valence-corrected chi connectivity index (χ0v) is 16.6. The van der Waals surface area contributed by atoms with Crippen molar-refractivity contribution in [2.24, 2.45) is 0 Å². The number of hydrogen-bond donors (Lipinski definition) is 0. The Bertz CT molecular complexity index is 1370. The van der Waals surface area contributed by atoms with Crippen molar-refractivity contribution in [2.75, 3.05) is 0 Å². The third-order valence-corrected chi connectivity index (χ3v) is 5.48. The average Bonchev–Trinajstić information content (AvgIpc) is 3.07. The highest BCUT2D eigenvalue weighted by Gasteiger charge is 2.17. The molecule has 0 aliphatic heterocycles. The van der Waals surface area contributed by atoms with Crippen LogP contribution in [0.25, 0.3) is 44.3 Å². The molecule has 0 atom stereocenters. The molecule has 3 heteroatoms. The van der Waals surface area contributed by atoms with E-state index in [2.05, 4.69) is 24.0 Å². The fourth-order valence-corrected chi connectivity index (χ4v) is 4.33. The molecule has 0 amide bonds.